The molecule has 0 radical (unpaired) electrons. The maximum Gasteiger partial charge on any atom is 0.279 e. The lowest BCUT2D eigenvalue weighted by atomic mass is 10.2. The van der Waals surface area contributed by atoms with Gasteiger partial charge in [-0.05, 0) is 36.4 Å². The Morgan fingerprint density at radius 3 is 2.21 bits per heavy atom. The molecule has 0 spiro atoms. The van der Waals surface area contributed by atoms with Crippen molar-refractivity contribution in [2.75, 3.05) is 64.3 Å². The number of anilines is 2. The third-order valence-corrected chi connectivity index (χ3v) is 5.00. The first kappa shape index (κ1) is 19.8. The Morgan fingerprint density at radius 1 is 0.964 bits per heavy atom. The van der Waals surface area contributed by atoms with Gasteiger partial charge in [-0.3, -0.25) is 4.79 Å². The van der Waals surface area contributed by atoms with Crippen LogP contribution in [0.25, 0.3) is 0 Å². The number of amides is 1. The van der Waals surface area contributed by atoms with Crippen molar-refractivity contribution < 1.29 is 23.9 Å². The van der Waals surface area contributed by atoms with E-state index in [4.69, 9.17) is 14.2 Å². The van der Waals surface area contributed by atoms with Crippen LogP contribution in [0, 0.1) is 0 Å². The summed E-state index contributed by atoms with van der Waals surface area (Å²) < 4.78 is 15.8. The maximum atomic E-state index is 12.5. The van der Waals surface area contributed by atoms with Crippen molar-refractivity contribution in [2.45, 2.75) is 0 Å². The Balaban J connectivity index is 1.52. The molecule has 2 aromatic rings. The van der Waals surface area contributed by atoms with Gasteiger partial charge in [-0.1, -0.05) is 0 Å². The van der Waals surface area contributed by atoms with Gasteiger partial charge in [0.2, 0.25) is 0 Å². The van der Waals surface area contributed by atoms with Crippen LogP contribution in [0.4, 0.5) is 11.4 Å². The lowest BCUT2D eigenvalue weighted by molar-refractivity contribution is -0.892. The van der Waals surface area contributed by atoms with Crippen LogP contribution in [0.2, 0.25) is 0 Å². The Morgan fingerprint density at radius 2 is 1.61 bits per heavy atom. The second-order valence-corrected chi connectivity index (χ2v) is 6.73. The summed E-state index contributed by atoms with van der Waals surface area (Å²) in [6.45, 7) is 4.08. The minimum atomic E-state index is -0.0283. The molecule has 0 bridgehead atoms. The molecule has 1 amide bonds. The van der Waals surface area contributed by atoms with Crippen LogP contribution in [0.3, 0.4) is 0 Å². The Bertz CT molecular complexity index is 787. The lowest BCUT2D eigenvalue weighted by Crippen LogP contribution is -3.15. The van der Waals surface area contributed by atoms with Crippen LogP contribution in [0.15, 0.2) is 42.5 Å². The van der Waals surface area contributed by atoms with Crippen LogP contribution in [0.1, 0.15) is 0 Å². The number of rotatable bonds is 7. The van der Waals surface area contributed by atoms with E-state index in [1.165, 1.54) is 10.6 Å². The number of ether oxygens (including phenoxy) is 3. The van der Waals surface area contributed by atoms with E-state index in [1.807, 2.05) is 12.1 Å². The smallest absolute Gasteiger partial charge is 0.279 e. The highest BCUT2D eigenvalue weighted by molar-refractivity contribution is 5.93. The molecule has 1 heterocycles. The van der Waals surface area contributed by atoms with E-state index in [1.54, 1.807) is 39.5 Å². The van der Waals surface area contributed by atoms with Gasteiger partial charge in [-0.25, -0.2) is 0 Å². The zero-order valence-electron chi connectivity index (χ0n) is 16.7. The highest BCUT2D eigenvalue weighted by Crippen LogP contribution is 2.28. The van der Waals surface area contributed by atoms with Gasteiger partial charge in [-0.2, -0.15) is 0 Å². The zero-order valence-corrected chi connectivity index (χ0v) is 16.7. The minimum Gasteiger partial charge on any atom is -0.497 e. The molecule has 0 atom stereocenters. The van der Waals surface area contributed by atoms with Gasteiger partial charge in [0.25, 0.3) is 5.91 Å². The number of nitrogens with one attached hydrogen (secondary N) is 2. The molecule has 0 aliphatic carbocycles. The van der Waals surface area contributed by atoms with Crippen molar-refractivity contribution in [1.29, 1.82) is 0 Å². The molecule has 7 nitrogen and oxygen atoms in total. The van der Waals surface area contributed by atoms with Gasteiger partial charge in [0, 0.05) is 11.8 Å². The predicted octanol–water partition coefficient (Wildman–Crippen LogP) is 1.06. The minimum absolute atomic E-state index is 0.0283. The number of quaternary nitrogens is 1. The van der Waals surface area contributed by atoms with E-state index in [2.05, 4.69) is 22.3 Å². The van der Waals surface area contributed by atoms with Gasteiger partial charge in [-0.15, -0.1) is 0 Å². The molecule has 3 rings (SSSR count). The van der Waals surface area contributed by atoms with Crippen LogP contribution in [-0.4, -0.2) is 60.0 Å². The summed E-state index contributed by atoms with van der Waals surface area (Å²) in [6.07, 6.45) is 0. The van der Waals surface area contributed by atoms with Crippen LogP contribution >= 0.6 is 0 Å². The highest BCUT2D eigenvalue weighted by Gasteiger charge is 2.23. The first-order chi connectivity index (χ1) is 13.6. The summed E-state index contributed by atoms with van der Waals surface area (Å²) >= 11 is 0. The number of carbonyl (C=O) groups excluding carboxylic acids is 1. The molecule has 0 aromatic heterocycles. The maximum absolute atomic E-state index is 12.5. The van der Waals surface area contributed by atoms with Gasteiger partial charge < -0.3 is 29.3 Å². The number of carbonyl (C=O) groups is 1. The quantitative estimate of drug-likeness (QED) is 0.745. The van der Waals surface area contributed by atoms with Gasteiger partial charge in [0.15, 0.2) is 6.54 Å². The average molecular weight is 386 g/mol. The van der Waals surface area contributed by atoms with Gasteiger partial charge >= 0.3 is 0 Å². The Hall–Kier alpha value is -2.93. The van der Waals surface area contributed by atoms with Crippen molar-refractivity contribution in [3.63, 3.8) is 0 Å². The van der Waals surface area contributed by atoms with Crippen LogP contribution < -0.4 is 29.3 Å². The standard InChI is InChI=1S/C21H27N3O4/c1-26-17-6-4-16(5-7-17)24-12-10-23(11-13-24)15-21(25)22-19-14-18(27-2)8-9-20(19)28-3/h4-9,14H,10-13,15H2,1-3H3,(H,22,25)/p+1. The second-order valence-electron chi connectivity index (χ2n) is 6.73. The molecule has 2 aromatic carbocycles. The highest BCUT2D eigenvalue weighted by atomic mass is 16.5. The fourth-order valence-corrected chi connectivity index (χ4v) is 3.38. The summed E-state index contributed by atoms with van der Waals surface area (Å²) in [5, 5.41) is 2.95. The molecule has 0 unspecified atom stereocenters. The molecule has 28 heavy (non-hydrogen) atoms. The molecule has 150 valence electrons. The molecular weight excluding hydrogens is 358 g/mol. The molecule has 0 saturated carbocycles. The molecule has 2 N–H and O–H groups in total. The van der Waals surface area contributed by atoms with Crippen molar-refractivity contribution in [1.82, 2.24) is 0 Å². The third-order valence-electron chi connectivity index (χ3n) is 5.00. The zero-order chi connectivity index (χ0) is 19.9. The van der Waals surface area contributed by atoms with Crippen LogP contribution in [-0.2, 0) is 4.79 Å². The first-order valence-electron chi connectivity index (χ1n) is 9.37. The lowest BCUT2D eigenvalue weighted by Gasteiger charge is -2.33. The van der Waals surface area contributed by atoms with E-state index < -0.39 is 0 Å². The summed E-state index contributed by atoms with van der Waals surface area (Å²) in [5.74, 6) is 2.13. The van der Waals surface area contributed by atoms with Gasteiger partial charge in [0.1, 0.15) is 17.2 Å². The summed E-state index contributed by atoms with van der Waals surface area (Å²) in [4.78, 5) is 16.1. The third kappa shape index (κ3) is 4.86. The fourth-order valence-electron chi connectivity index (χ4n) is 3.38. The van der Waals surface area contributed by atoms with Crippen molar-refractivity contribution in [2.24, 2.45) is 0 Å². The molecule has 1 aliphatic rings. The van der Waals surface area contributed by atoms with E-state index in [-0.39, 0.29) is 5.91 Å². The number of hydrogen-bond acceptors (Lipinski definition) is 5. The number of hydrogen-bond donors (Lipinski definition) is 2. The SMILES string of the molecule is COc1ccc(N2CC[NH+](CC(=O)Nc3cc(OC)ccc3OC)CC2)cc1. The van der Waals surface area contributed by atoms with E-state index in [9.17, 15) is 4.79 Å². The largest absolute Gasteiger partial charge is 0.497 e. The number of piperazine rings is 1. The normalized spacial score (nSPS) is 14.5. The predicted molar refractivity (Wildman–Crippen MR) is 109 cm³/mol. The molecular formula is C21H28N3O4+. The summed E-state index contributed by atoms with van der Waals surface area (Å²) in [7, 11) is 4.85. The monoisotopic (exact) mass is 386 g/mol. The summed E-state index contributed by atoms with van der Waals surface area (Å²) in [5.41, 5.74) is 1.81. The number of benzene rings is 2. The fraction of sp³-hybridized carbons (Fsp3) is 0.381. The second kappa shape index (κ2) is 9.32. The van der Waals surface area contributed by atoms with E-state index >= 15 is 0 Å². The number of nitrogens with zero attached hydrogens (tertiary/aromatic N) is 1. The molecule has 1 aliphatic heterocycles. The number of methoxy groups -OCH3 is 3. The molecule has 1 fully saturated rings. The van der Waals surface area contributed by atoms with Gasteiger partial charge in [0.05, 0.1) is 53.2 Å². The molecule has 1 saturated heterocycles. The van der Waals surface area contributed by atoms with Crippen molar-refractivity contribution in [3.05, 3.63) is 42.5 Å². The van der Waals surface area contributed by atoms with E-state index in [0.29, 0.717) is 23.7 Å². The van der Waals surface area contributed by atoms with Crippen LogP contribution in [0.5, 0.6) is 17.2 Å². The summed E-state index contributed by atoms with van der Waals surface area (Å²) in [6, 6.07) is 13.5. The van der Waals surface area contributed by atoms with E-state index in [0.717, 1.165) is 31.9 Å². The topological polar surface area (TPSA) is 64.5 Å². The Labute approximate surface area is 165 Å². The first-order valence-corrected chi connectivity index (χ1v) is 9.37. The van der Waals surface area contributed by atoms with Crippen molar-refractivity contribution >= 4 is 17.3 Å². The average Bonchev–Trinajstić information content (AvgIpc) is 2.74. The Kier molecular flexibility index (Phi) is 6.60. The molecule has 7 heteroatoms. The van der Waals surface area contributed by atoms with Crippen molar-refractivity contribution in [3.8, 4) is 17.2 Å².